The number of carboxylic acids is 1. The van der Waals surface area contributed by atoms with Gasteiger partial charge in [0.1, 0.15) is 24.4 Å². The summed E-state index contributed by atoms with van der Waals surface area (Å²) < 4.78 is 5.53. The molecule has 1 aromatic rings. The van der Waals surface area contributed by atoms with Gasteiger partial charge in [-0.05, 0) is 31.0 Å². The average molecular weight is 457 g/mol. The zero-order valence-electron chi connectivity index (χ0n) is 17.7. The predicted octanol–water partition coefficient (Wildman–Crippen LogP) is 0.655. The van der Waals surface area contributed by atoms with Crippen LogP contribution in [-0.4, -0.2) is 53.5 Å². The van der Waals surface area contributed by atoms with Gasteiger partial charge < -0.3 is 31.9 Å². The lowest BCUT2D eigenvalue weighted by Gasteiger charge is -2.24. The zero-order chi connectivity index (χ0) is 23.7. The van der Waals surface area contributed by atoms with Gasteiger partial charge in [0.25, 0.3) is 5.91 Å². The molecule has 11 heteroatoms. The second-order valence-corrected chi connectivity index (χ2v) is 7.77. The van der Waals surface area contributed by atoms with E-state index >= 15 is 0 Å². The van der Waals surface area contributed by atoms with Gasteiger partial charge in [0.15, 0.2) is 0 Å². The molecule has 0 fully saturated rings. The van der Waals surface area contributed by atoms with E-state index in [4.69, 9.17) is 27.8 Å². The third kappa shape index (κ3) is 8.42. The Morgan fingerprint density at radius 3 is 2.35 bits per heavy atom. The van der Waals surface area contributed by atoms with Crippen LogP contribution in [-0.2, 0) is 14.4 Å². The number of nitrogens with two attached hydrogens (primary N) is 2. The Hall–Kier alpha value is -2.85. The lowest BCUT2D eigenvalue weighted by molar-refractivity contribution is -0.143. The quantitative estimate of drug-likeness (QED) is 0.307. The molecular weight excluding hydrogens is 428 g/mol. The molecule has 4 atom stereocenters. The average Bonchev–Trinajstić information content (AvgIpc) is 2.68. The van der Waals surface area contributed by atoms with Crippen LogP contribution in [0.1, 0.15) is 44.0 Å². The molecule has 1 rings (SSSR count). The summed E-state index contributed by atoms with van der Waals surface area (Å²) in [6.45, 7) is 5.29. The van der Waals surface area contributed by atoms with Crippen molar-refractivity contribution < 1.29 is 29.0 Å². The van der Waals surface area contributed by atoms with E-state index in [9.17, 15) is 24.3 Å². The fourth-order valence-electron chi connectivity index (χ4n) is 2.61. The molecule has 0 aliphatic carbocycles. The first kappa shape index (κ1) is 26.2. The molecular formula is C20H29ClN4O6. The second kappa shape index (κ2) is 12.1. The molecule has 0 heterocycles. The number of benzene rings is 1. The molecule has 10 nitrogen and oxygen atoms in total. The lowest BCUT2D eigenvalue weighted by atomic mass is 9.98. The first-order chi connectivity index (χ1) is 14.5. The van der Waals surface area contributed by atoms with E-state index in [1.165, 1.54) is 18.2 Å². The zero-order valence-corrected chi connectivity index (χ0v) is 18.4. The maximum atomic E-state index is 12.8. The molecule has 0 aromatic heterocycles. The van der Waals surface area contributed by atoms with Crippen LogP contribution < -0.4 is 26.8 Å². The Balaban J connectivity index is 3.10. The number of hydrogen-bond donors (Lipinski definition) is 5. The first-order valence-electron chi connectivity index (χ1n) is 9.76. The molecule has 0 saturated heterocycles. The Kier molecular flexibility index (Phi) is 10.2. The van der Waals surface area contributed by atoms with E-state index in [0.717, 1.165) is 0 Å². The Bertz CT molecular complexity index is 817. The summed E-state index contributed by atoms with van der Waals surface area (Å²) in [5, 5.41) is 14.4. The smallest absolute Gasteiger partial charge is 0.326 e. The Labute approximate surface area is 185 Å². The molecule has 0 aliphatic rings. The van der Waals surface area contributed by atoms with E-state index in [2.05, 4.69) is 10.6 Å². The Morgan fingerprint density at radius 2 is 1.84 bits per heavy atom. The minimum absolute atomic E-state index is 0.0205. The van der Waals surface area contributed by atoms with Crippen LogP contribution in [0, 0.1) is 5.92 Å². The predicted molar refractivity (Wildman–Crippen MR) is 115 cm³/mol. The second-order valence-electron chi connectivity index (χ2n) is 7.34. The third-order valence-corrected chi connectivity index (χ3v) is 4.73. The van der Waals surface area contributed by atoms with Crippen molar-refractivity contribution in [3.8, 4) is 5.75 Å². The van der Waals surface area contributed by atoms with Gasteiger partial charge in [0.05, 0.1) is 12.0 Å². The summed E-state index contributed by atoms with van der Waals surface area (Å²) in [4.78, 5) is 48.5. The number of halogens is 1. The fraction of sp³-hybridized carbons (Fsp3) is 0.500. The SMILES string of the molecule is CC[C@H](C)[C@H](NC(=O)[C@H](CC(N)=O)NC(=O)c1cc(Cl)ccc1OC[C@@H](C)N)C(=O)O. The van der Waals surface area contributed by atoms with Crippen LogP contribution in [0.5, 0.6) is 5.75 Å². The highest BCUT2D eigenvalue weighted by Gasteiger charge is 2.31. The van der Waals surface area contributed by atoms with Crippen molar-refractivity contribution in [2.24, 2.45) is 17.4 Å². The van der Waals surface area contributed by atoms with Crippen molar-refractivity contribution in [2.45, 2.75) is 51.7 Å². The van der Waals surface area contributed by atoms with Crippen molar-refractivity contribution in [2.75, 3.05) is 6.61 Å². The maximum Gasteiger partial charge on any atom is 0.326 e. The van der Waals surface area contributed by atoms with Crippen molar-refractivity contribution >= 4 is 35.3 Å². The molecule has 0 radical (unpaired) electrons. The van der Waals surface area contributed by atoms with Gasteiger partial charge in [-0.3, -0.25) is 14.4 Å². The van der Waals surface area contributed by atoms with Crippen molar-refractivity contribution in [1.29, 1.82) is 0 Å². The minimum Gasteiger partial charge on any atom is -0.491 e. The number of ether oxygens (including phenoxy) is 1. The number of aliphatic carboxylic acids is 1. The summed E-state index contributed by atoms with van der Waals surface area (Å²) in [6.07, 6.45) is -0.0338. The third-order valence-electron chi connectivity index (χ3n) is 4.49. The topological polar surface area (TPSA) is 174 Å². The standard InChI is InChI=1S/C20H29ClN4O6/c1-4-10(2)17(20(29)30)25-19(28)14(8-16(23)26)24-18(27)13-7-12(21)5-6-15(13)31-9-11(3)22/h5-7,10-11,14,17H,4,8-9,22H2,1-3H3,(H2,23,26)(H,24,27)(H,25,28)(H,29,30)/t10-,11+,14-,17-/m0/s1. The van der Waals surface area contributed by atoms with Crippen LogP contribution in [0.15, 0.2) is 18.2 Å². The van der Waals surface area contributed by atoms with Gasteiger partial charge in [-0.25, -0.2) is 4.79 Å². The lowest BCUT2D eigenvalue weighted by Crippen LogP contribution is -2.54. The Morgan fingerprint density at radius 1 is 1.19 bits per heavy atom. The summed E-state index contributed by atoms with van der Waals surface area (Å²) in [7, 11) is 0. The molecule has 0 unspecified atom stereocenters. The van der Waals surface area contributed by atoms with Crippen molar-refractivity contribution in [3.05, 3.63) is 28.8 Å². The molecule has 0 aliphatic heterocycles. The highest BCUT2D eigenvalue weighted by atomic mass is 35.5. The van der Waals surface area contributed by atoms with E-state index in [-0.39, 0.29) is 34.9 Å². The monoisotopic (exact) mass is 456 g/mol. The first-order valence-corrected chi connectivity index (χ1v) is 10.1. The van der Waals surface area contributed by atoms with Gasteiger partial charge in [-0.15, -0.1) is 0 Å². The normalized spacial score (nSPS) is 14.6. The number of carbonyl (C=O) groups is 4. The molecule has 7 N–H and O–H groups in total. The number of nitrogens with one attached hydrogen (secondary N) is 2. The fourth-order valence-corrected chi connectivity index (χ4v) is 2.78. The van der Waals surface area contributed by atoms with Gasteiger partial charge in [0, 0.05) is 11.1 Å². The highest BCUT2D eigenvalue weighted by molar-refractivity contribution is 6.31. The van der Waals surface area contributed by atoms with Crippen LogP contribution >= 0.6 is 11.6 Å². The van der Waals surface area contributed by atoms with E-state index in [1.807, 2.05) is 0 Å². The van der Waals surface area contributed by atoms with E-state index < -0.39 is 42.2 Å². The largest absolute Gasteiger partial charge is 0.491 e. The van der Waals surface area contributed by atoms with Crippen LogP contribution in [0.3, 0.4) is 0 Å². The highest BCUT2D eigenvalue weighted by Crippen LogP contribution is 2.23. The summed E-state index contributed by atoms with van der Waals surface area (Å²) in [6, 6.07) is 1.45. The van der Waals surface area contributed by atoms with Crippen LogP contribution in [0.25, 0.3) is 0 Å². The summed E-state index contributed by atoms with van der Waals surface area (Å²) in [5.41, 5.74) is 10.9. The number of hydrogen-bond acceptors (Lipinski definition) is 6. The van der Waals surface area contributed by atoms with Gasteiger partial charge in [-0.2, -0.15) is 0 Å². The van der Waals surface area contributed by atoms with Gasteiger partial charge in [0.2, 0.25) is 11.8 Å². The van der Waals surface area contributed by atoms with Crippen molar-refractivity contribution in [3.63, 3.8) is 0 Å². The molecule has 0 saturated carbocycles. The number of rotatable bonds is 12. The number of carbonyl (C=O) groups excluding carboxylic acids is 3. The number of primary amides is 1. The van der Waals surface area contributed by atoms with Gasteiger partial charge >= 0.3 is 5.97 Å². The molecule has 0 bridgehead atoms. The number of carboxylic acid groups (broad SMARTS) is 1. The maximum absolute atomic E-state index is 12.8. The van der Waals surface area contributed by atoms with Crippen LogP contribution in [0.2, 0.25) is 5.02 Å². The molecule has 172 valence electrons. The molecule has 1 aromatic carbocycles. The summed E-state index contributed by atoms with van der Waals surface area (Å²) >= 11 is 5.98. The summed E-state index contributed by atoms with van der Waals surface area (Å²) in [5.74, 6) is -3.87. The van der Waals surface area contributed by atoms with Crippen molar-refractivity contribution in [1.82, 2.24) is 10.6 Å². The number of amides is 3. The minimum atomic E-state index is -1.39. The van der Waals surface area contributed by atoms with Gasteiger partial charge in [-0.1, -0.05) is 31.9 Å². The van der Waals surface area contributed by atoms with Crippen LogP contribution in [0.4, 0.5) is 0 Å². The van der Waals surface area contributed by atoms with E-state index in [0.29, 0.717) is 6.42 Å². The molecule has 31 heavy (non-hydrogen) atoms. The molecule has 3 amide bonds. The molecule has 0 spiro atoms. The van der Waals surface area contributed by atoms with E-state index in [1.54, 1.807) is 20.8 Å².